The molecule has 9 heteroatoms. The molecule has 0 atom stereocenters. The Morgan fingerprint density at radius 1 is 0.955 bits per heavy atom. The molecule has 9 nitrogen and oxygen atoms in total. The van der Waals surface area contributed by atoms with Crippen LogP contribution in [0.2, 0.25) is 0 Å². The number of hydrogen-bond acceptors (Lipinski definition) is 5. The number of para-hydroxylation sites is 2. The van der Waals surface area contributed by atoms with Crippen molar-refractivity contribution in [3.8, 4) is 0 Å². The van der Waals surface area contributed by atoms with E-state index in [0.29, 0.717) is 12.2 Å². The van der Waals surface area contributed by atoms with Crippen molar-refractivity contribution >= 4 is 45.3 Å². The van der Waals surface area contributed by atoms with E-state index in [1.807, 2.05) is 63.2 Å². The number of aryl methyl sites for hydroxylation is 1. The van der Waals surface area contributed by atoms with Crippen LogP contribution in [-0.4, -0.2) is 44.4 Å². The second-order valence-electron chi connectivity index (χ2n) is 12.7. The van der Waals surface area contributed by atoms with Gasteiger partial charge in [-0.15, -0.1) is 0 Å². The molecule has 0 bridgehead atoms. The van der Waals surface area contributed by atoms with E-state index < -0.39 is 11.7 Å². The molecule has 228 valence electrons. The van der Waals surface area contributed by atoms with Gasteiger partial charge in [-0.2, -0.15) is 0 Å². The summed E-state index contributed by atoms with van der Waals surface area (Å²) in [5.74, 6) is -0.0794. The molecule has 0 unspecified atom stereocenters. The van der Waals surface area contributed by atoms with E-state index in [4.69, 9.17) is 4.74 Å². The van der Waals surface area contributed by atoms with Gasteiger partial charge in [0, 0.05) is 37.6 Å². The number of carbonyl (C=O) groups excluding carboxylic acids is 2. The summed E-state index contributed by atoms with van der Waals surface area (Å²) in [6, 6.07) is 22.4. The van der Waals surface area contributed by atoms with Crippen molar-refractivity contribution in [2.75, 3.05) is 23.3 Å². The molecular formula is C35H40N6O3. The average Bonchev–Trinajstić information content (AvgIpc) is 3.53. The molecule has 0 spiro atoms. The Hall–Kier alpha value is -4.79. The first-order chi connectivity index (χ1) is 21.0. The molecule has 44 heavy (non-hydrogen) atoms. The molecule has 0 saturated carbocycles. The van der Waals surface area contributed by atoms with Gasteiger partial charge in [-0.3, -0.25) is 14.8 Å². The highest BCUT2D eigenvalue weighted by Crippen LogP contribution is 2.33. The third kappa shape index (κ3) is 5.62. The Kier molecular flexibility index (Phi) is 7.57. The maximum absolute atomic E-state index is 12.9. The number of ether oxygens (including phenoxy) is 1. The summed E-state index contributed by atoms with van der Waals surface area (Å²) in [5, 5.41) is 13.3. The summed E-state index contributed by atoms with van der Waals surface area (Å²) >= 11 is 0. The molecule has 1 aliphatic heterocycles. The fourth-order valence-electron chi connectivity index (χ4n) is 6.36. The van der Waals surface area contributed by atoms with Crippen LogP contribution in [0.5, 0.6) is 0 Å². The molecule has 2 N–H and O–H groups in total. The SMILES string of the molecule is CC(=O)Nc1ccc(C)cc1N1CCC(n2c(=N)n(Cc3cccc4c3ccn4C(=O)OC(C)(C)C)c3ccccc32)CC1. The Labute approximate surface area is 257 Å². The minimum Gasteiger partial charge on any atom is -0.443 e. The number of nitrogens with one attached hydrogen (secondary N) is 2. The smallest absolute Gasteiger partial charge is 0.418 e. The lowest BCUT2D eigenvalue weighted by molar-refractivity contribution is -0.114. The summed E-state index contributed by atoms with van der Waals surface area (Å²) in [5.41, 5.74) is 6.78. The zero-order valence-electron chi connectivity index (χ0n) is 26.1. The number of aromatic nitrogens is 3. The number of imidazole rings is 1. The van der Waals surface area contributed by atoms with Crippen LogP contribution < -0.4 is 15.8 Å². The third-order valence-electron chi connectivity index (χ3n) is 8.29. The number of benzene rings is 3. The van der Waals surface area contributed by atoms with Crippen molar-refractivity contribution in [3.05, 3.63) is 89.7 Å². The molecule has 6 rings (SSSR count). The Morgan fingerprint density at radius 3 is 2.36 bits per heavy atom. The largest absolute Gasteiger partial charge is 0.443 e. The topological polar surface area (TPSA) is 97.3 Å². The third-order valence-corrected chi connectivity index (χ3v) is 8.29. The van der Waals surface area contributed by atoms with E-state index in [9.17, 15) is 15.0 Å². The molecule has 5 aromatic rings. The lowest BCUT2D eigenvalue weighted by Crippen LogP contribution is -2.38. The van der Waals surface area contributed by atoms with Crippen LogP contribution in [0.25, 0.3) is 21.9 Å². The second-order valence-corrected chi connectivity index (χ2v) is 12.7. The number of fused-ring (bicyclic) bond motifs is 2. The quantitative estimate of drug-likeness (QED) is 0.234. The number of anilines is 2. The van der Waals surface area contributed by atoms with Gasteiger partial charge >= 0.3 is 6.09 Å². The van der Waals surface area contributed by atoms with Crippen LogP contribution in [-0.2, 0) is 16.1 Å². The van der Waals surface area contributed by atoms with Gasteiger partial charge in [-0.05, 0) is 88.1 Å². The Balaban J connectivity index is 1.30. The van der Waals surface area contributed by atoms with Gasteiger partial charge in [-0.1, -0.05) is 30.3 Å². The average molecular weight is 593 g/mol. The molecule has 0 radical (unpaired) electrons. The van der Waals surface area contributed by atoms with Crippen molar-refractivity contribution in [2.24, 2.45) is 0 Å². The first-order valence-electron chi connectivity index (χ1n) is 15.2. The van der Waals surface area contributed by atoms with Crippen LogP contribution in [0.3, 0.4) is 0 Å². The van der Waals surface area contributed by atoms with E-state index in [0.717, 1.165) is 70.4 Å². The molecule has 0 aliphatic carbocycles. The summed E-state index contributed by atoms with van der Waals surface area (Å²) in [7, 11) is 0. The standard InChI is InChI=1S/C35H40N6O3/c1-23-13-14-28(37-24(2)42)32(21-23)38-18-15-26(16-19-38)41-31-11-7-6-10-30(31)40(33(41)36)22-25-9-8-12-29-27(25)17-20-39(29)34(43)44-35(3,4)5/h6-14,17,20-21,26,36H,15-16,18-19,22H2,1-5H3,(H,37,42). The van der Waals surface area contributed by atoms with Gasteiger partial charge in [0.25, 0.3) is 0 Å². The van der Waals surface area contributed by atoms with Crippen molar-refractivity contribution in [2.45, 2.75) is 65.6 Å². The maximum Gasteiger partial charge on any atom is 0.418 e. The predicted molar refractivity (Wildman–Crippen MR) is 174 cm³/mol. The van der Waals surface area contributed by atoms with Crippen molar-refractivity contribution in [3.63, 3.8) is 0 Å². The highest BCUT2D eigenvalue weighted by molar-refractivity contribution is 5.93. The number of nitrogens with zero attached hydrogens (tertiary/aromatic N) is 4. The van der Waals surface area contributed by atoms with E-state index >= 15 is 0 Å². The minimum atomic E-state index is -0.590. The number of piperidine rings is 1. The number of amides is 1. The van der Waals surface area contributed by atoms with Gasteiger partial charge in [0.15, 0.2) is 0 Å². The summed E-state index contributed by atoms with van der Waals surface area (Å²) in [6.45, 7) is 11.3. The molecule has 1 fully saturated rings. The van der Waals surface area contributed by atoms with Crippen molar-refractivity contribution in [1.82, 2.24) is 13.7 Å². The zero-order valence-corrected chi connectivity index (χ0v) is 26.1. The fraction of sp³-hybridized carbons (Fsp3) is 0.343. The van der Waals surface area contributed by atoms with Crippen molar-refractivity contribution < 1.29 is 14.3 Å². The second kappa shape index (κ2) is 11.4. The first-order valence-corrected chi connectivity index (χ1v) is 15.2. The molecule has 3 aromatic carbocycles. The van der Waals surface area contributed by atoms with Crippen LogP contribution in [0.15, 0.2) is 72.9 Å². The van der Waals surface area contributed by atoms with Gasteiger partial charge in [-0.25, -0.2) is 4.79 Å². The van der Waals surface area contributed by atoms with Gasteiger partial charge in [0.05, 0.1) is 34.5 Å². The number of carbonyl (C=O) groups is 2. The summed E-state index contributed by atoms with van der Waals surface area (Å²) in [6.07, 6.45) is 3.12. The Morgan fingerprint density at radius 2 is 1.66 bits per heavy atom. The maximum atomic E-state index is 12.9. The normalized spacial score (nSPS) is 14.3. The molecule has 3 heterocycles. The monoisotopic (exact) mass is 592 g/mol. The molecule has 1 amide bonds. The predicted octanol–water partition coefficient (Wildman–Crippen LogP) is 6.82. The van der Waals surface area contributed by atoms with E-state index in [2.05, 4.69) is 50.5 Å². The zero-order chi connectivity index (χ0) is 31.2. The summed E-state index contributed by atoms with van der Waals surface area (Å²) < 4.78 is 11.4. The highest BCUT2D eigenvalue weighted by atomic mass is 16.6. The van der Waals surface area contributed by atoms with Gasteiger partial charge in [0.2, 0.25) is 11.5 Å². The van der Waals surface area contributed by atoms with Crippen LogP contribution in [0, 0.1) is 12.3 Å². The molecule has 2 aromatic heterocycles. The van der Waals surface area contributed by atoms with E-state index in [1.165, 1.54) is 6.92 Å². The van der Waals surface area contributed by atoms with Gasteiger partial charge < -0.3 is 24.1 Å². The van der Waals surface area contributed by atoms with E-state index in [1.54, 1.807) is 10.8 Å². The van der Waals surface area contributed by atoms with Crippen LogP contribution >= 0.6 is 0 Å². The lowest BCUT2D eigenvalue weighted by Gasteiger charge is -2.35. The Bertz CT molecular complexity index is 1930. The fourth-order valence-corrected chi connectivity index (χ4v) is 6.36. The van der Waals surface area contributed by atoms with Crippen LogP contribution in [0.4, 0.5) is 16.2 Å². The lowest BCUT2D eigenvalue weighted by atomic mass is 10.0. The van der Waals surface area contributed by atoms with Gasteiger partial charge in [0.1, 0.15) is 5.60 Å². The van der Waals surface area contributed by atoms with E-state index in [-0.39, 0.29) is 11.9 Å². The molecule has 1 aliphatic rings. The highest BCUT2D eigenvalue weighted by Gasteiger charge is 2.26. The first kappa shape index (κ1) is 29.3. The molecule has 1 saturated heterocycles. The molecular weight excluding hydrogens is 552 g/mol. The number of hydrogen-bond donors (Lipinski definition) is 2. The summed E-state index contributed by atoms with van der Waals surface area (Å²) in [4.78, 5) is 27.1. The van der Waals surface area contributed by atoms with Crippen LogP contribution in [0.1, 0.15) is 57.7 Å². The minimum absolute atomic E-state index is 0.0794. The number of rotatable bonds is 5. The van der Waals surface area contributed by atoms with Crippen molar-refractivity contribution in [1.29, 1.82) is 5.41 Å².